The second kappa shape index (κ2) is 6.42. The van der Waals surface area contributed by atoms with E-state index in [1.807, 2.05) is 0 Å². The van der Waals surface area contributed by atoms with E-state index >= 15 is 0 Å². The number of rotatable bonds is 3. The Labute approximate surface area is 139 Å². The van der Waals surface area contributed by atoms with Crippen molar-refractivity contribution in [3.63, 3.8) is 0 Å². The summed E-state index contributed by atoms with van der Waals surface area (Å²) in [5, 5.41) is 0. The van der Waals surface area contributed by atoms with E-state index in [4.69, 9.17) is 0 Å². The van der Waals surface area contributed by atoms with E-state index in [0.717, 1.165) is 0 Å². The Morgan fingerprint density at radius 3 is 1.96 bits per heavy atom. The summed E-state index contributed by atoms with van der Waals surface area (Å²) in [4.78, 5) is 0. The Kier molecular flexibility index (Phi) is 4.34. The lowest BCUT2D eigenvalue weighted by atomic mass is 9.88. The molecule has 0 heterocycles. The fourth-order valence-corrected chi connectivity index (χ4v) is 3.09. The lowest BCUT2D eigenvalue weighted by molar-refractivity contribution is 0.869. The van der Waals surface area contributed by atoms with Crippen LogP contribution in [-0.2, 0) is 0 Å². The quantitative estimate of drug-likeness (QED) is 0.501. The molecule has 0 N–H and O–H groups in total. The molecule has 0 aliphatic rings. The van der Waals surface area contributed by atoms with E-state index in [1.165, 1.54) is 38.9 Å². The molecular formula is C23H24. The van der Waals surface area contributed by atoms with Crippen molar-refractivity contribution in [3.05, 3.63) is 83.4 Å². The van der Waals surface area contributed by atoms with Crippen LogP contribution in [0.1, 0.15) is 36.5 Å². The van der Waals surface area contributed by atoms with Crippen LogP contribution >= 0.6 is 0 Å². The molecule has 0 bridgehead atoms. The van der Waals surface area contributed by atoms with E-state index < -0.39 is 0 Å². The summed E-state index contributed by atoms with van der Waals surface area (Å²) < 4.78 is 0. The van der Waals surface area contributed by atoms with Gasteiger partial charge in [0.05, 0.1) is 0 Å². The maximum atomic E-state index is 2.35. The van der Waals surface area contributed by atoms with Crippen molar-refractivity contribution in [2.24, 2.45) is 0 Å². The normalized spacial score (nSPS) is 11.0. The first kappa shape index (κ1) is 15.6. The van der Waals surface area contributed by atoms with Gasteiger partial charge in [-0.25, -0.2) is 0 Å². The standard InChI is InChI=1S/C23H24/c1-16(2)21-14-13-20(19-11-9-17(3)10-12-19)15-23(21)22-8-6-5-7-18(22)4/h5-16H,1-4H3. The molecule has 0 atom stereocenters. The van der Waals surface area contributed by atoms with Gasteiger partial charge in [0.2, 0.25) is 0 Å². The summed E-state index contributed by atoms with van der Waals surface area (Å²) in [5.74, 6) is 0.511. The highest BCUT2D eigenvalue weighted by molar-refractivity contribution is 5.77. The molecule has 0 heteroatoms. The van der Waals surface area contributed by atoms with Gasteiger partial charge in [0.25, 0.3) is 0 Å². The maximum absolute atomic E-state index is 2.35. The topological polar surface area (TPSA) is 0 Å². The molecule has 0 aromatic heterocycles. The smallest absolute Gasteiger partial charge is 0.0140 e. The highest BCUT2D eigenvalue weighted by atomic mass is 14.2. The van der Waals surface area contributed by atoms with Gasteiger partial charge in [-0.15, -0.1) is 0 Å². The fourth-order valence-electron chi connectivity index (χ4n) is 3.09. The van der Waals surface area contributed by atoms with Gasteiger partial charge >= 0.3 is 0 Å². The first-order valence-electron chi connectivity index (χ1n) is 8.33. The summed E-state index contributed by atoms with van der Waals surface area (Å²) in [6.07, 6.45) is 0. The molecule has 0 unspecified atom stereocenters. The van der Waals surface area contributed by atoms with Gasteiger partial charge in [-0.05, 0) is 59.2 Å². The summed E-state index contributed by atoms with van der Waals surface area (Å²) >= 11 is 0. The third kappa shape index (κ3) is 3.22. The molecule has 23 heavy (non-hydrogen) atoms. The average molecular weight is 300 g/mol. The SMILES string of the molecule is Cc1ccc(-c2ccc(C(C)C)c(-c3ccccc3C)c2)cc1. The van der Waals surface area contributed by atoms with Crippen LogP contribution in [-0.4, -0.2) is 0 Å². The summed E-state index contributed by atoms with van der Waals surface area (Å²) in [6, 6.07) is 24.3. The summed E-state index contributed by atoms with van der Waals surface area (Å²) in [5.41, 5.74) is 9.30. The molecule has 0 spiro atoms. The van der Waals surface area contributed by atoms with Crippen LogP contribution in [0.25, 0.3) is 22.3 Å². The van der Waals surface area contributed by atoms with Gasteiger partial charge in [0.15, 0.2) is 0 Å². The molecule has 3 aromatic carbocycles. The van der Waals surface area contributed by atoms with Crippen molar-refractivity contribution in [3.8, 4) is 22.3 Å². The Bertz CT molecular complexity index is 808. The molecule has 116 valence electrons. The molecule has 0 radical (unpaired) electrons. The van der Waals surface area contributed by atoms with Crippen molar-refractivity contribution in [2.45, 2.75) is 33.6 Å². The molecule has 0 fully saturated rings. The monoisotopic (exact) mass is 300 g/mol. The first-order chi connectivity index (χ1) is 11.1. The van der Waals surface area contributed by atoms with E-state index in [9.17, 15) is 0 Å². The van der Waals surface area contributed by atoms with Gasteiger partial charge in [-0.2, -0.15) is 0 Å². The van der Waals surface area contributed by atoms with Crippen LogP contribution in [0.3, 0.4) is 0 Å². The van der Waals surface area contributed by atoms with Crippen LogP contribution in [0, 0.1) is 13.8 Å². The predicted molar refractivity (Wildman–Crippen MR) is 101 cm³/mol. The number of benzene rings is 3. The fraction of sp³-hybridized carbons (Fsp3) is 0.217. The zero-order valence-corrected chi connectivity index (χ0v) is 14.4. The molecule has 3 rings (SSSR count). The van der Waals surface area contributed by atoms with E-state index in [0.29, 0.717) is 5.92 Å². The highest BCUT2D eigenvalue weighted by Crippen LogP contribution is 2.35. The Morgan fingerprint density at radius 1 is 0.652 bits per heavy atom. The van der Waals surface area contributed by atoms with E-state index in [-0.39, 0.29) is 0 Å². The zero-order chi connectivity index (χ0) is 16.4. The minimum atomic E-state index is 0.511. The van der Waals surface area contributed by atoms with Crippen LogP contribution in [0.5, 0.6) is 0 Å². The lowest BCUT2D eigenvalue weighted by Crippen LogP contribution is -1.95. The summed E-state index contributed by atoms with van der Waals surface area (Å²) in [6.45, 7) is 8.85. The van der Waals surface area contributed by atoms with Gasteiger partial charge in [0.1, 0.15) is 0 Å². The Hall–Kier alpha value is -2.34. The second-order valence-corrected chi connectivity index (χ2v) is 6.64. The van der Waals surface area contributed by atoms with Crippen molar-refractivity contribution in [1.29, 1.82) is 0 Å². The van der Waals surface area contributed by atoms with Crippen molar-refractivity contribution < 1.29 is 0 Å². The second-order valence-electron chi connectivity index (χ2n) is 6.64. The van der Waals surface area contributed by atoms with E-state index in [1.54, 1.807) is 0 Å². The molecule has 3 aromatic rings. The van der Waals surface area contributed by atoms with Crippen LogP contribution < -0.4 is 0 Å². The zero-order valence-electron chi connectivity index (χ0n) is 14.4. The first-order valence-corrected chi connectivity index (χ1v) is 8.33. The number of aryl methyl sites for hydroxylation is 2. The number of hydrogen-bond acceptors (Lipinski definition) is 0. The third-order valence-corrected chi connectivity index (χ3v) is 4.50. The molecule has 0 aliphatic carbocycles. The van der Waals surface area contributed by atoms with Crippen LogP contribution in [0.2, 0.25) is 0 Å². The minimum absolute atomic E-state index is 0.511. The lowest BCUT2D eigenvalue weighted by Gasteiger charge is -2.17. The predicted octanol–water partition coefficient (Wildman–Crippen LogP) is 6.76. The molecule has 0 saturated carbocycles. The summed E-state index contributed by atoms with van der Waals surface area (Å²) in [7, 11) is 0. The Morgan fingerprint density at radius 2 is 1.30 bits per heavy atom. The highest BCUT2D eigenvalue weighted by Gasteiger charge is 2.12. The average Bonchev–Trinajstić information content (AvgIpc) is 2.55. The molecule has 0 saturated heterocycles. The number of hydrogen-bond donors (Lipinski definition) is 0. The largest absolute Gasteiger partial charge is 0.0620 e. The van der Waals surface area contributed by atoms with Gasteiger partial charge in [0, 0.05) is 0 Å². The molecule has 0 nitrogen and oxygen atoms in total. The van der Waals surface area contributed by atoms with Gasteiger partial charge in [-0.1, -0.05) is 80.1 Å². The van der Waals surface area contributed by atoms with Gasteiger partial charge < -0.3 is 0 Å². The minimum Gasteiger partial charge on any atom is -0.0620 e. The molecule has 0 amide bonds. The van der Waals surface area contributed by atoms with Crippen molar-refractivity contribution in [1.82, 2.24) is 0 Å². The van der Waals surface area contributed by atoms with Crippen LogP contribution in [0.15, 0.2) is 66.7 Å². The molecular weight excluding hydrogens is 276 g/mol. The van der Waals surface area contributed by atoms with Gasteiger partial charge in [-0.3, -0.25) is 0 Å². The molecule has 0 aliphatic heterocycles. The third-order valence-electron chi connectivity index (χ3n) is 4.50. The van der Waals surface area contributed by atoms with E-state index in [2.05, 4.69) is 94.4 Å². The maximum Gasteiger partial charge on any atom is -0.0140 e. The Balaban J connectivity index is 2.18. The van der Waals surface area contributed by atoms with Crippen molar-refractivity contribution >= 4 is 0 Å². The van der Waals surface area contributed by atoms with Crippen LogP contribution in [0.4, 0.5) is 0 Å². The van der Waals surface area contributed by atoms with Crippen molar-refractivity contribution in [2.75, 3.05) is 0 Å².